The van der Waals surface area contributed by atoms with Gasteiger partial charge in [-0.05, 0) is 20.3 Å². The van der Waals surface area contributed by atoms with Crippen LogP contribution in [0.4, 0.5) is 0 Å². The van der Waals surface area contributed by atoms with Gasteiger partial charge in [-0.1, -0.05) is 0 Å². The van der Waals surface area contributed by atoms with Gasteiger partial charge in [0.1, 0.15) is 0 Å². The molecule has 82 valence electrons. The number of carbonyl (C=O) groups is 1. The second kappa shape index (κ2) is 3.51. The molecule has 0 aromatic carbocycles. The molecule has 0 spiro atoms. The normalized spacial score (nSPS) is 26.8. The number of sulfonamides is 1. The van der Waals surface area contributed by atoms with E-state index in [1.165, 1.54) is 0 Å². The van der Waals surface area contributed by atoms with Crippen molar-refractivity contribution in [2.75, 3.05) is 19.3 Å². The molecule has 1 N–H and O–H groups in total. The van der Waals surface area contributed by atoms with E-state index in [1.54, 1.807) is 11.9 Å². The maximum atomic E-state index is 11.5. The fraction of sp³-hybridized carbons (Fsp3) is 0.875. The Morgan fingerprint density at radius 3 is 2.57 bits per heavy atom. The molecule has 1 aliphatic rings. The molecule has 0 radical (unpaired) electrons. The second-order valence-corrected chi connectivity index (χ2v) is 6.08. The third kappa shape index (κ3) is 2.45. The number of rotatable bonds is 0. The Kier molecular flexibility index (Phi) is 2.87. The van der Waals surface area contributed by atoms with Gasteiger partial charge in [0, 0.05) is 12.6 Å². The summed E-state index contributed by atoms with van der Waals surface area (Å²) < 4.78 is 24.8. The van der Waals surface area contributed by atoms with Crippen molar-refractivity contribution in [3.63, 3.8) is 0 Å². The van der Waals surface area contributed by atoms with Crippen LogP contribution in [0, 0.1) is 0 Å². The minimum atomic E-state index is -3.27. The monoisotopic (exact) mass is 220 g/mol. The van der Waals surface area contributed by atoms with E-state index < -0.39 is 15.6 Å². The molecule has 0 atom stereocenters. The van der Waals surface area contributed by atoms with Gasteiger partial charge in [-0.25, -0.2) is 13.1 Å². The van der Waals surface area contributed by atoms with Gasteiger partial charge in [-0.2, -0.15) is 0 Å². The summed E-state index contributed by atoms with van der Waals surface area (Å²) in [5, 5.41) is 0. The lowest BCUT2D eigenvalue weighted by Crippen LogP contribution is -2.52. The molecule has 0 unspecified atom stereocenters. The van der Waals surface area contributed by atoms with Crippen LogP contribution in [0.2, 0.25) is 0 Å². The molecular weight excluding hydrogens is 204 g/mol. The lowest BCUT2D eigenvalue weighted by molar-refractivity contribution is -0.133. The van der Waals surface area contributed by atoms with E-state index in [2.05, 4.69) is 4.72 Å². The largest absolute Gasteiger partial charge is 0.339 e. The Morgan fingerprint density at radius 1 is 1.43 bits per heavy atom. The number of nitrogens with zero attached hydrogens (tertiary/aromatic N) is 1. The standard InChI is InChI=1S/C8H16N2O3S/c1-8(2)4-5-14(12,13)9-6-7(11)10(8)3/h9H,4-6H2,1-3H3. The lowest BCUT2D eigenvalue weighted by atomic mass is 10.00. The van der Waals surface area contributed by atoms with Crippen LogP contribution in [0.5, 0.6) is 0 Å². The molecule has 5 nitrogen and oxygen atoms in total. The fourth-order valence-corrected chi connectivity index (χ4v) is 2.51. The highest BCUT2D eigenvalue weighted by Gasteiger charge is 2.32. The van der Waals surface area contributed by atoms with Gasteiger partial charge in [0.25, 0.3) is 0 Å². The molecular formula is C8H16N2O3S. The Bertz CT molecular complexity index is 334. The van der Waals surface area contributed by atoms with Crippen LogP contribution in [-0.2, 0) is 14.8 Å². The fourth-order valence-electron chi connectivity index (χ4n) is 1.25. The van der Waals surface area contributed by atoms with Crippen LogP contribution < -0.4 is 4.72 Å². The number of amides is 1. The second-order valence-electron chi connectivity index (χ2n) is 4.16. The summed E-state index contributed by atoms with van der Waals surface area (Å²) in [6, 6.07) is 0. The van der Waals surface area contributed by atoms with E-state index in [0.29, 0.717) is 6.42 Å². The summed E-state index contributed by atoms with van der Waals surface area (Å²) in [7, 11) is -1.57. The summed E-state index contributed by atoms with van der Waals surface area (Å²) in [6.07, 6.45) is 0.449. The molecule has 1 heterocycles. The van der Waals surface area contributed by atoms with Crippen molar-refractivity contribution in [3.8, 4) is 0 Å². The highest BCUT2D eigenvalue weighted by molar-refractivity contribution is 7.89. The van der Waals surface area contributed by atoms with Gasteiger partial charge in [0.05, 0.1) is 12.3 Å². The SMILES string of the molecule is CN1C(=O)CNS(=O)(=O)CCC1(C)C. The predicted molar refractivity (Wildman–Crippen MR) is 53.3 cm³/mol. The summed E-state index contributed by atoms with van der Waals surface area (Å²) in [4.78, 5) is 13.1. The lowest BCUT2D eigenvalue weighted by Gasteiger charge is -2.37. The molecule has 0 aromatic rings. The summed E-state index contributed by atoms with van der Waals surface area (Å²) in [5.74, 6) is -0.129. The van der Waals surface area contributed by atoms with Crippen LogP contribution in [-0.4, -0.2) is 44.1 Å². The Labute approximate surface area is 84.5 Å². The first-order valence-electron chi connectivity index (χ1n) is 4.49. The van der Waals surface area contributed by atoms with Crippen LogP contribution >= 0.6 is 0 Å². The molecule has 1 amide bonds. The molecule has 1 saturated heterocycles. The molecule has 0 aromatic heterocycles. The third-order valence-electron chi connectivity index (χ3n) is 2.71. The van der Waals surface area contributed by atoms with Crippen LogP contribution in [0.15, 0.2) is 0 Å². The van der Waals surface area contributed by atoms with Gasteiger partial charge < -0.3 is 4.90 Å². The first-order chi connectivity index (χ1) is 6.25. The van der Waals surface area contributed by atoms with E-state index >= 15 is 0 Å². The zero-order chi connectivity index (χ0) is 11.0. The van der Waals surface area contributed by atoms with Gasteiger partial charge in [0.2, 0.25) is 15.9 Å². The first-order valence-corrected chi connectivity index (χ1v) is 6.14. The molecule has 1 rings (SSSR count). The summed E-state index contributed by atoms with van der Waals surface area (Å²) >= 11 is 0. The highest BCUT2D eigenvalue weighted by atomic mass is 32.2. The Hall–Kier alpha value is -0.620. The smallest absolute Gasteiger partial charge is 0.237 e. The first kappa shape index (κ1) is 11.5. The van der Waals surface area contributed by atoms with E-state index in [4.69, 9.17) is 0 Å². The molecule has 0 bridgehead atoms. The van der Waals surface area contributed by atoms with Gasteiger partial charge in [-0.15, -0.1) is 0 Å². The van der Waals surface area contributed by atoms with E-state index in [-0.39, 0.29) is 18.2 Å². The van der Waals surface area contributed by atoms with Gasteiger partial charge >= 0.3 is 0 Å². The van der Waals surface area contributed by atoms with Crippen LogP contribution in [0.25, 0.3) is 0 Å². The maximum absolute atomic E-state index is 11.5. The van der Waals surface area contributed by atoms with Crippen molar-refractivity contribution in [2.45, 2.75) is 25.8 Å². The van der Waals surface area contributed by atoms with Crippen LogP contribution in [0.1, 0.15) is 20.3 Å². The molecule has 0 saturated carbocycles. The van der Waals surface area contributed by atoms with E-state index in [0.717, 1.165) is 0 Å². The number of carbonyl (C=O) groups excluding carboxylic acids is 1. The average molecular weight is 220 g/mol. The molecule has 14 heavy (non-hydrogen) atoms. The van der Waals surface area contributed by atoms with Crippen molar-refractivity contribution in [3.05, 3.63) is 0 Å². The predicted octanol–water partition coefficient (Wildman–Crippen LogP) is -0.453. The third-order valence-corrected chi connectivity index (χ3v) is 4.03. The van der Waals surface area contributed by atoms with E-state index in [9.17, 15) is 13.2 Å². The molecule has 6 heteroatoms. The molecule has 1 fully saturated rings. The van der Waals surface area contributed by atoms with E-state index in [1.807, 2.05) is 13.8 Å². The Balaban J connectivity index is 2.91. The minimum Gasteiger partial charge on any atom is -0.339 e. The number of nitrogens with one attached hydrogen (secondary N) is 1. The molecule has 1 aliphatic heterocycles. The van der Waals surface area contributed by atoms with Crippen molar-refractivity contribution in [1.29, 1.82) is 0 Å². The zero-order valence-electron chi connectivity index (χ0n) is 8.70. The Morgan fingerprint density at radius 2 is 2.00 bits per heavy atom. The van der Waals surface area contributed by atoms with Crippen molar-refractivity contribution >= 4 is 15.9 Å². The average Bonchev–Trinajstić information content (AvgIpc) is 2.09. The van der Waals surface area contributed by atoms with Crippen molar-refractivity contribution < 1.29 is 13.2 Å². The van der Waals surface area contributed by atoms with Gasteiger partial charge in [0.15, 0.2) is 0 Å². The zero-order valence-corrected chi connectivity index (χ0v) is 9.52. The highest BCUT2D eigenvalue weighted by Crippen LogP contribution is 2.19. The quantitative estimate of drug-likeness (QED) is 0.601. The number of likely N-dealkylation sites (N-methyl/N-ethyl adjacent to an activating group) is 1. The molecule has 0 aliphatic carbocycles. The summed E-state index contributed by atoms with van der Waals surface area (Å²) in [6.45, 7) is 3.60. The van der Waals surface area contributed by atoms with Crippen LogP contribution in [0.3, 0.4) is 0 Å². The van der Waals surface area contributed by atoms with Crippen molar-refractivity contribution in [2.24, 2.45) is 0 Å². The topological polar surface area (TPSA) is 66.5 Å². The van der Waals surface area contributed by atoms with Crippen molar-refractivity contribution in [1.82, 2.24) is 9.62 Å². The minimum absolute atomic E-state index is 0.0671. The number of hydrogen-bond acceptors (Lipinski definition) is 3. The summed E-state index contributed by atoms with van der Waals surface area (Å²) in [5.41, 5.74) is -0.397. The maximum Gasteiger partial charge on any atom is 0.237 e. The number of hydrogen-bond donors (Lipinski definition) is 1. The van der Waals surface area contributed by atoms with Gasteiger partial charge in [-0.3, -0.25) is 4.79 Å².